The molecule has 1 aromatic carbocycles. The van der Waals surface area contributed by atoms with Gasteiger partial charge in [-0.15, -0.1) is 0 Å². The van der Waals surface area contributed by atoms with Crippen LogP contribution in [0.5, 0.6) is 17.2 Å². The lowest BCUT2D eigenvalue weighted by Gasteiger charge is -2.41. The first-order chi connectivity index (χ1) is 15.2. The van der Waals surface area contributed by atoms with Gasteiger partial charge in [0.1, 0.15) is 23.4 Å². The molecule has 0 radical (unpaired) electrons. The number of pyridine rings is 1. The fourth-order valence-electron chi connectivity index (χ4n) is 4.55. The summed E-state index contributed by atoms with van der Waals surface area (Å²) in [7, 11) is 3.19. The van der Waals surface area contributed by atoms with E-state index in [1.807, 2.05) is 17.0 Å². The molecule has 2 saturated heterocycles. The predicted molar refractivity (Wildman–Crippen MR) is 118 cm³/mol. The van der Waals surface area contributed by atoms with Crippen LogP contribution in [0.25, 0.3) is 0 Å². The molecule has 0 spiro atoms. The highest BCUT2D eigenvalue weighted by Gasteiger charge is 2.31. The monoisotopic (exact) mass is 425 g/mol. The van der Waals surface area contributed by atoms with Crippen LogP contribution in [-0.2, 0) is 0 Å². The van der Waals surface area contributed by atoms with Crippen LogP contribution in [0, 0.1) is 0 Å². The number of piperidine rings is 2. The van der Waals surface area contributed by atoms with E-state index in [2.05, 4.69) is 9.88 Å². The van der Waals surface area contributed by atoms with E-state index in [0.717, 1.165) is 57.6 Å². The highest BCUT2D eigenvalue weighted by atomic mass is 16.5. The van der Waals surface area contributed by atoms with Gasteiger partial charge >= 0.3 is 0 Å². The van der Waals surface area contributed by atoms with Crippen molar-refractivity contribution in [2.45, 2.75) is 37.8 Å². The van der Waals surface area contributed by atoms with Gasteiger partial charge in [0.2, 0.25) is 0 Å². The summed E-state index contributed by atoms with van der Waals surface area (Å²) < 4.78 is 16.7. The van der Waals surface area contributed by atoms with Crippen molar-refractivity contribution < 1.29 is 19.0 Å². The molecule has 7 nitrogen and oxygen atoms in total. The van der Waals surface area contributed by atoms with Gasteiger partial charge in [-0.25, -0.2) is 0 Å². The number of hydrogen-bond donors (Lipinski definition) is 0. The van der Waals surface area contributed by atoms with E-state index in [4.69, 9.17) is 14.2 Å². The smallest absolute Gasteiger partial charge is 0.257 e. The molecule has 2 aliphatic heterocycles. The van der Waals surface area contributed by atoms with E-state index in [1.165, 1.54) is 0 Å². The summed E-state index contributed by atoms with van der Waals surface area (Å²) in [6.07, 6.45) is 7.86. The van der Waals surface area contributed by atoms with Gasteiger partial charge in [0.15, 0.2) is 0 Å². The van der Waals surface area contributed by atoms with Crippen molar-refractivity contribution in [3.8, 4) is 17.2 Å². The number of nitrogens with zero attached hydrogens (tertiary/aromatic N) is 3. The van der Waals surface area contributed by atoms with Crippen molar-refractivity contribution in [1.82, 2.24) is 14.8 Å². The third kappa shape index (κ3) is 5.10. The second kappa shape index (κ2) is 10.0. The summed E-state index contributed by atoms with van der Waals surface area (Å²) in [6.45, 7) is 3.62. The van der Waals surface area contributed by atoms with Gasteiger partial charge in [-0.3, -0.25) is 14.7 Å². The Morgan fingerprint density at radius 2 is 1.61 bits per heavy atom. The Bertz CT molecular complexity index is 860. The molecule has 31 heavy (non-hydrogen) atoms. The van der Waals surface area contributed by atoms with Crippen molar-refractivity contribution in [3.63, 3.8) is 0 Å². The van der Waals surface area contributed by atoms with Crippen LogP contribution in [0.1, 0.15) is 36.0 Å². The van der Waals surface area contributed by atoms with Gasteiger partial charge in [0.25, 0.3) is 5.91 Å². The standard InChI is InChI=1S/C24H31N3O4/c1-29-21-3-4-22(23(17-21)30-2)24(28)27-13-7-18(8-14-27)26-15-9-20(10-16-26)31-19-5-11-25-12-6-19/h3-6,11-12,17-18,20H,7-10,13-16H2,1-2H3. The largest absolute Gasteiger partial charge is 0.497 e. The summed E-state index contributed by atoms with van der Waals surface area (Å²) >= 11 is 0. The van der Waals surface area contributed by atoms with E-state index < -0.39 is 0 Å². The summed E-state index contributed by atoms with van der Waals surface area (Å²) in [5, 5.41) is 0. The third-order valence-corrected chi connectivity index (χ3v) is 6.34. The van der Waals surface area contributed by atoms with Crippen LogP contribution in [0.4, 0.5) is 0 Å². The SMILES string of the molecule is COc1ccc(C(=O)N2CCC(N3CCC(Oc4ccncc4)CC3)CC2)c(OC)c1. The highest BCUT2D eigenvalue weighted by molar-refractivity contribution is 5.97. The van der Waals surface area contributed by atoms with Crippen LogP contribution in [-0.4, -0.2) is 73.2 Å². The summed E-state index contributed by atoms with van der Waals surface area (Å²) in [5.74, 6) is 2.17. The lowest BCUT2D eigenvalue weighted by Crippen LogP contribution is -2.50. The Hall–Kier alpha value is -2.80. The normalized spacial score (nSPS) is 18.6. The lowest BCUT2D eigenvalue weighted by atomic mass is 9.98. The first-order valence-corrected chi connectivity index (χ1v) is 11.0. The molecule has 0 unspecified atom stereocenters. The predicted octanol–water partition coefficient (Wildman–Crippen LogP) is 3.25. The topological polar surface area (TPSA) is 64.1 Å². The number of aromatic nitrogens is 1. The molecule has 2 aliphatic rings. The molecule has 7 heteroatoms. The summed E-state index contributed by atoms with van der Waals surface area (Å²) in [5.41, 5.74) is 0.593. The van der Waals surface area contributed by atoms with Gasteiger partial charge in [-0.1, -0.05) is 0 Å². The molecule has 0 atom stereocenters. The average Bonchev–Trinajstić information content (AvgIpc) is 2.84. The lowest BCUT2D eigenvalue weighted by molar-refractivity contribution is 0.0424. The van der Waals surface area contributed by atoms with Gasteiger partial charge in [-0.05, 0) is 49.9 Å². The molecule has 4 rings (SSSR count). The number of benzene rings is 1. The molecule has 0 N–H and O–H groups in total. The number of likely N-dealkylation sites (tertiary alicyclic amines) is 2. The van der Waals surface area contributed by atoms with Gasteiger partial charge in [0.05, 0.1) is 19.8 Å². The number of carbonyl (C=O) groups excluding carboxylic acids is 1. The molecular weight excluding hydrogens is 394 g/mol. The van der Waals surface area contributed by atoms with Crippen molar-refractivity contribution in [1.29, 1.82) is 0 Å². The van der Waals surface area contributed by atoms with Crippen LogP contribution < -0.4 is 14.2 Å². The van der Waals surface area contributed by atoms with E-state index >= 15 is 0 Å². The number of carbonyl (C=O) groups is 1. The maximum absolute atomic E-state index is 13.0. The molecule has 0 aliphatic carbocycles. The minimum atomic E-state index is 0.0300. The van der Waals surface area contributed by atoms with Crippen molar-refractivity contribution in [2.24, 2.45) is 0 Å². The average molecular weight is 426 g/mol. The number of rotatable bonds is 6. The quantitative estimate of drug-likeness (QED) is 0.708. The van der Waals surface area contributed by atoms with Gasteiger partial charge < -0.3 is 19.1 Å². The van der Waals surface area contributed by atoms with Crippen molar-refractivity contribution >= 4 is 5.91 Å². The highest BCUT2D eigenvalue weighted by Crippen LogP contribution is 2.28. The fourth-order valence-corrected chi connectivity index (χ4v) is 4.55. The molecular formula is C24H31N3O4. The zero-order valence-electron chi connectivity index (χ0n) is 18.3. The molecule has 1 aromatic heterocycles. The second-order valence-corrected chi connectivity index (χ2v) is 8.13. The van der Waals surface area contributed by atoms with E-state index in [-0.39, 0.29) is 12.0 Å². The van der Waals surface area contributed by atoms with Crippen LogP contribution in [0.2, 0.25) is 0 Å². The van der Waals surface area contributed by atoms with Crippen molar-refractivity contribution in [2.75, 3.05) is 40.4 Å². The first kappa shape index (κ1) is 21.4. The number of hydrogen-bond acceptors (Lipinski definition) is 6. The molecule has 0 saturated carbocycles. The number of amides is 1. The Balaban J connectivity index is 1.27. The Morgan fingerprint density at radius 3 is 2.26 bits per heavy atom. The number of methoxy groups -OCH3 is 2. The molecule has 2 fully saturated rings. The van der Waals surface area contributed by atoms with E-state index in [1.54, 1.807) is 44.8 Å². The molecule has 3 heterocycles. The van der Waals surface area contributed by atoms with Gasteiger partial charge in [0, 0.05) is 50.7 Å². The molecule has 166 valence electrons. The summed E-state index contributed by atoms with van der Waals surface area (Å²) in [6, 6.07) is 9.72. The van der Waals surface area contributed by atoms with E-state index in [9.17, 15) is 4.79 Å². The van der Waals surface area contributed by atoms with Crippen LogP contribution in [0.15, 0.2) is 42.7 Å². The number of ether oxygens (including phenoxy) is 3. The Morgan fingerprint density at radius 1 is 0.903 bits per heavy atom. The Labute approximate surface area is 183 Å². The zero-order valence-corrected chi connectivity index (χ0v) is 18.3. The maximum atomic E-state index is 13.0. The van der Waals surface area contributed by atoms with Gasteiger partial charge in [-0.2, -0.15) is 0 Å². The van der Waals surface area contributed by atoms with E-state index in [0.29, 0.717) is 23.1 Å². The Kier molecular flexibility index (Phi) is 6.92. The molecule has 2 aromatic rings. The minimum Gasteiger partial charge on any atom is -0.497 e. The molecule has 1 amide bonds. The van der Waals surface area contributed by atoms with Crippen LogP contribution >= 0.6 is 0 Å². The second-order valence-electron chi connectivity index (χ2n) is 8.13. The zero-order chi connectivity index (χ0) is 21.6. The minimum absolute atomic E-state index is 0.0300. The fraction of sp³-hybridized carbons (Fsp3) is 0.500. The van der Waals surface area contributed by atoms with Crippen molar-refractivity contribution in [3.05, 3.63) is 48.3 Å². The maximum Gasteiger partial charge on any atom is 0.257 e. The third-order valence-electron chi connectivity index (χ3n) is 6.34. The molecule has 0 bridgehead atoms. The van der Waals surface area contributed by atoms with Crippen LogP contribution in [0.3, 0.4) is 0 Å². The first-order valence-electron chi connectivity index (χ1n) is 11.0. The summed E-state index contributed by atoms with van der Waals surface area (Å²) in [4.78, 5) is 21.6.